The second-order valence-corrected chi connectivity index (χ2v) is 7.20. The number of hydrogen-bond acceptors (Lipinski definition) is 3. The minimum Gasteiger partial charge on any atom is -0.394 e. The van der Waals surface area contributed by atoms with Gasteiger partial charge in [0, 0.05) is 24.2 Å². The molecule has 1 saturated heterocycles. The zero-order chi connectivity index (χ0) is 13.9. The Hall–Kier alpha value is -0.120. The predicted octanol–water partition coefficient (Wildman–Crippen LogP) is 2.39. The topological polar surface area (TPSA) is 35.5 Å². The number of likely N-dealkylation sites (tertiary alicyclic amines) is 1. The number of piperidine rings is 1. The van der Waals surface area contributed by atoms with Crippen molar-refractivity contribution in [2.24, 2.45) is 5.92 Å². The predicted molar refractivity (Wildman–Crippen MR) is 80.3 cm³/mol. The van der Waals surface area contributed by atoms with E-state index in [9.17, 15) is 5.11 Å². The Bertz CT molecular complexity index is 282. The van der Waals surface area contributed by atoms with Crippen LogP contribution < -0.4 is 5.32 Å². The average molecular weight is 268 g/mol. The third-order valence-electron chi connectivity index (χ3n) is 5.05. The van der Waals surface area contributed by atoms with Crippen molar-refractivity contribution >= 4 is 0 Å². The summed E-state index contributed by atoms with van der Waals surface area (Å²) in [7, 11) is 0. The Morgan fingerprint density at radius 3 is 2.68 bits per heavy atom. The Morgan fingerprint density at radius 1 is 1.26 bits per heavy atom. The summed E-state index contributed by atoms with van der Waals surface area (Å²) in [5.74, 6) is 0.965. The number of hydrogen-bond donors (Lipinski definition) is 2. The van der Waals surface area contributed by atoms with Gasteiger partial charge in [0.15, 0.2) is 0 Å². The van der Waals surface area contributed by atoms with Crippen molar-refractivity contribution in [3.8, 4) is 0 Å². The first-order valence-electron chi connectivity index (χ1n) is 8.17. The summed E-state index contributed by atoms with van der Waals surface area (Å²) in [6.45, 7) is 9.10. The number of fused-ring (bicyclic) bond motifs is 1. The van der Waals surface area contributed by atoms with Crippen LogP contribution in [0.2, 0.25) is 0 Å². The highest BCUT2D eigenvalue weighted by Gasteiger charge is 2.35. The van der Waals surface area contributed by atoms with Gasteiger partial charge in [0.1, 0.15) is 0 Å². The van der Waals surface area contributed by atoms with E-state index in [2.05, 4.69) is 31.0 Å². The van der Waals surface area contributed by atoms with Crippen molar-refractivity contribution in [2.45, 2.75) is 76.9 Å². The van der Waals surface area contributed by atoms with Gasteiger partial charge >= 0.3 is 0 Å². The molecule has 2 rings (SSSR count). The first-order valence-corrected chi connectivity index (χ1v) is 8.17. The third-order valence-corrected chi connectivity index (χ3v) is 5.05. The summed E-state index contributed by atoms with van der Waals surface area (Å²) < 4.78 is 0. The van der Waals surface area contributed by atoms with Crippen LogP contribution in [0, 0.1) is 5.92 Å². The van der Waals surface area contributed by atoms with E-state index in [4.69, 9.17) is 0 Å². The Balaban J connectivity index is 1.86. The summed E-state index contributed by atoms with van der Waals surface area (Å²) in [5.41, 5.74) is -0.125. The van der Waals surface area contributed by atoms with Gasteiger partial charge in [-0.25, -0.2) is 0 Å². The first-order chi connectivity index (χ1) is 9.04. The summed E-state index contributed by atoms with van der Waals surface area (Å²) in [5, 5.41) is 13.2. The van der Waals surface area contributed by atoms with Crippen molar-refractivity contribution in [3.05, 3.63) is 0 Å². The van der Waals surface area contributed by atoms with Crippen LogP contribution in [0.5, 0.6) is 0 Å². The van der Waals surface area contributed by atoms with Gasteiger partial charge < -0.3 is 15.3 Å². The number of rotatable bonds is 6. The Labute approximate surface area is 118 Å². The standard InChI is InChI=1S/C16H32N2O/c1-13(2)17-16(3,12-19)9-11-18-10-5-7-14-6-4-8-15(14)18/h13-15,17,19H,4-12H2,1-3H3. The molecular weight excluding hydrogens is 236 g/mol. The number of aliphatic hydroxyl groups excluding tert-OH is 1. The Morgan fingerprint density at radius 2 is 2.00 bits per heavy atom. The van der Waals surface area contributed by atoms with Crippen LogP contribution in [0.25, 0.3) is 0 Å². The van der Waals surface area contributed by atoms with E-state index in [0.717, 1.165) is 24.9 Å². The third kappa shape index (κ3) is 3.93. The second kappa shape index (κ2) is 6.55. The number of aliphatic hydroxyl groups is 1. The van der Waals surface area contributed by atoms with Crippen molar-refractivity contribution in [1.82, 2.24) is 10.2 Å². The van der Waals surface area contributed by atoms with E-state index in [-0.39, 0.29) is 12.1 Å². The quantitative estimate of drug-likeness (QED) is 0.776. The molecule has 0 spiro atoms. The van der Waals surface area contributed by atoms with Crippen LogP contribution >= 0.6 is 0 Å². The highest BCUT2D eigenvalue weighted by atomic mass is 16.3. The summed E-state index contributed by atoms with van der Waals surface area (Å²) in [6, 6.07) is 1.27. The maximum absolute atomic E-state index is 9.67. The molecule has 112 valence electrons. The molecule has 0 amide bonds. The largest absolute Gasteiger partial charge is 0.394 e. The lowest BCUT2D eigenvalue weighted by molar-refractivity contribution is 0.0845. The maximum Gasteiger partial charge on any atom is 0.0611 e. The summed E-state index contributed by atoms with van der Waals surface area (Å²) >= 11 is 0. The van der Waals surface area contributed by atoms with Gasteiger partial charge in [-0.05, 0) is 51.5 Å². The van der Waals surface area contributed by atoms with Gasteiger partial charge in [0.2, 0.25) is 0 Å². The van der Waals surface area contributed by atoms with Crippen LogP contribution in [-0.2, 0) is 0 Å². The average Bonchev–Trinajstić information content (AvgIpc) is 2.84. The van der Waals surface area contributed by atoms with E-state index in [1.807, 2.05) is 0 Å². The van der Waals surface area contributed by atoms with Gasteiger partial charge in [-0.2, -0.15) is 0 Å². The fourth-order valence-corrected chi connectivity index (χ4v) is 4.12. The minimum atomic E-state index is -0.125. The SMILES string of the molecule is CC(C)NC(C)(CO)CCN1CCCC2CCCC21. The van der Waals surface area contributed by atoms with E-state index in [1.165, 1.54) is 38.6 Å². The monoisotopic (exact) mass is 268 g/mol. The highest BCUT2D eigenvalue weighted by molar-refractivity contribution is 4.91. The molecule has 3 unspecified atom stereocenters. The molecule has 3 nitrogen and oxygen atoms in total. The van der Waals surface area contributed by atoms with Gasteiger partial charge in [-0.15, -0.1) is 0 Å². The molecule has 2 aliphatic rings. The molecule has 19 heavy (non-hydrogen) atoms. The summed E-state index contributed by atoms with van der Waals surface area (Å²) in [6.07, 6.45) is 8.14. The van der Waals surface area contributed by atoms with Crippen molar-refractivity contribution < 1.29 is 5.11 Å². The highest BCUT2D eigenvalue weighted by Crippen LogP contribution is 2.36. The molecule has 1 aliphatic carbocycles. The van der Waals surface area contributed by atoms with Crippen LogP contribution in [0.15, 0.2) is 0 Å². The molecule has 2 N–H and O–H groups in total. The van der Waals surface area contributed by atoms with Gasteiger partial charge in [0.25, 0.3) is 0 Å². The van der Waals surface area contributed by atoms with E-state index in [0.29, 0.717) is 6.04 Å². The fraction of sp³-hybridized carbons (Fsp3) is 1.00. The molecular formula is C16H32N2O. The summed E-state index contributed by atoms with van der Waals surface area (Å²) in [4.78, 5) is 2.71. The van der Waals surface area contributed by atoms with Crippen LogP contribution in [0.3, 0.4) is 0 Å². The van der Waals surface area contributed by atoms with Crippen LogP contribution in [0.4, 0.5) is 0 Å². The molecule has 3 heteroatoms. The molecule has 3 atom stereocenters. The zero-order valence-electron chi connectivity index (χ0n) is 13.0. The zero-order valence-corrected chi connectivity index (χ0v) is 13.0. The number of nitrogens with zero attached hydrogens (tertiary/aromatic N) is 1. The lowest BCUT2D eigenvalue weighted by Crippen LogP contribution is -2.52. The van der Waals surface area contributed by atoms with E-state index in [1.54, 1.807) is 0 Å². The maximum atomic E-state index is 9.67. The normalized spacial score (nSPS) is 31.4. The lowest BCUT2D eigenvalue weighted by Gasteiger charge is -2.40. The Kier molecular flexibility index (Phi) is 5.27. The number of nitrogens with one attached hydrogen (secondary N) is 1. The van der Waals surface area contributed by atoms with Gasteiger partial charge in [-0.3, -0.25) is 0 Å². The molecule has 1 saturated carbocycles. The smallest absolute Gasteiger partial charge is 0.0611 e. The van der Waals surface area contributed by atoms with E-state index < -0.39 is 0 Å². The molecule has 1 aliphatic heterocycles. The molecule has 0 aromatic heterocycles. The molecule has 0 bridgehead atoms. The molecule has 0 radical (unpaired) electrons. The van der Waals surface area contributed by atoms with Gasteiger partial charge in [0.05, 0.1) is 6.61 Å². The van der Waals surface area contributed by atoms with E-state index >= 15 is 0 Å². The minimum absolute atomic E-state index is 0.125. The molecule has 0 aromatic carbocycles. The first kappa shape index (κ1) is 15.3. The lowest BCUT2D eigenvalue weighted by atomic mass is 9.90. The second-order valence-electron chi connectivity index (χ2n) is 7.20. The van der Waals surface area contributed by atoms with Crippen molar-refractivity contribution in [3.63, 3.8) is 0 Å². The van der Waals surface area contributed by atoms with Crippen LogP contribution in [-0.4, -0.2) is 47.3 Å². The fourth-order valence-electron chi connectivity index (χ4n) is 4.12. The van der Waals surface area contributed by atoms with Gasteiger partial charge in [-0.1, -0.05) is 20.3 Å². The molecule has 1 heterocycles. The van der Waals surface area contributed by atoms with Crippen molar-refractivity contribution in [2.75, 3.05) is 19.7 Å². The van der Waals surface area contributed by atoms with Crippen molar-refractivity contribution in [1.29, 1.82) is 0 Å². The molecule has 0 aromatic rings. The molecule has 2 fully saturated rings. The van der Waals surface area contributed by atoms with Crippen LogP contribution in [0.1, 0.15) is 59.3 Å².